The highest BCUT2D eigenvalue weighted by molar-refractivity contribution is 7.93. The van der Waals surface area contributed by atoms with Crippen LogP contribution in [0.15, 0.2) is 29.4 Å². The van der Waals surface area contributed by atoms with E-state index in [9.17, 15) is 26.4 Å². The predicted molar refractivity (Wildman–Crippen MR) is 93.3 cm³/mol. The number of carbonyl (C=O) groups is 1. The molecule has 27 heavy (non-hydrogen) atoms. The summed E-state index contributed by atoms with van der Waals surface area (Å²) in [7, 11) is -5.56. The van der Waals surface area contributed by atoms with Crippen LogP contribution in [0.25, 0.3) is 0 Å². The fraction of sp³-hybridized carbons (Fsp3) is 0.500. The fourth-order valence-electron chi connectivity index (χ4n) is 2.64. The van der Waals surface area contributed by atoms with Gasteiger partial charge in [-0.25, -0.2) is 0 Å². The molecular weight excluding hydrogens is 387 g/mol. The lowest BCUT2D eigenvalue weighted by atomic mass is 9.97. The van der Waals surface area contributed by atoms with Gasteiger partial charge in [0.1, 0.15) is 12.3 Å². The Labute approximate surface area is 155 Å². The van der Waals surface area contributed by atoms with Crippen LogP contribution in [0.3, 0.4) is 0 Å². The maximum Gasteiger partial charge on any atom is 0.516 e. The summed E-state index contributed by atoms with van der Waals surface area (Å²) in [6.45, 7) is 4.23. The quantitative estimate of drug-likeness (QED) is 0.735. The molecule has 0 spiro atoms. The summed E-state index contributed by atoms with van der Waals surface area (Å²) < 4.78 is 62.3. The first kappa shape index (κ1) is 21.0. The van der Waals surface area contributed by atoms with Crippen LogP contribution >= 0.6 is 0 Å². The molecule has 1 amide bonds. The molecule has 0 bridgehead atoms. The number of likely N-dealkylation sites (tertiary alicyclic amines) is 1. The minimum absolute atomic E-state index is 0.0646. The highest BCUT2D eigenvalue weighted by Gasteiger charge is 2.46. The van der Waals surface area contributed by atoms with Crippen molar-refractivity contribution < 1.29 is 31.2 Å². The van der Waals surface area contributed by atoms with Crippen molar-refractivity contribution in [1.82, 2.24) is 4.90 Å². The lowest BCUT2D eigenvalue weighted by Crippen LogP contribution is -2.44. The first-order valence-electron chi connectivity index (χ1n) is 8.20. The minimum atomic E-state index is -5.56. The minimum Gasteiger partial charge on any atom is -0.396 e. The number of benzene rings is 1. The molecular formula is C16H20F3N3O4S. The molecule has 1 heterocycles. The molecule has 1 fully saturated rings. The Morgan fingerprint density at radius 2 is 2.00 bits per heavy atom. The molecule has 1 saturated heterocycles. The number of nitrogens with zero attached hydrogens (tertiary/aromatic N) is 2. The second-order valence-corrected chi connectivity index (χ2v) is 7.83. The van der Waals surface area contributed by atoms with Gasteiger partial charge in [-0.1, -0.05) is 30.3 Å². The first-order valence-corrected chi connectivity index (χ1v) is 9.68. The largest absolute Gasteiger partial charge is 0.516 e. The van der Waals surface area contributed by atoms with Crippen molar-refractivity contribution in [2.75, 3.05) is 17.9 Å². The van der Waals surface area contributed by atoms with Crippen LogP contribution in [0.1, 0.15) is 25.8 Å². The van der Waals surface area contributed by atoms with Gasteiger partial charge in [-0.2, -0.15) is 21.6 Å². The lowest BCUT2D eigenvalue weighted by molar-refractivity contribution is -0.126. The van der Waals surface area contributed by atoms with Gasteiger partial charge in [-0.3, -0.25) is 9.52 Å². The second-order valence-electron chi connectivity index (χ2n) is 6.16. The molecule has 1 N–H and O–H groups in total. The van der Waals surface area contributed by atoms with Crippen molar-refractivity contribution in [3.05, 3.63) is 29.8 Å². The number of rotatable bonds is 6. The molecule has 0 aliphatic carbocycles. The van der Waals surface area contributed by atoms with Gasteiger partial charge in [0.2, 0.25) is 0 Å². The van der Waals surface area contributed by atoms with Crippen molar-refractivity contribution >= 4 is 27.3 Å². The number of carbonyl (C=O) groups excluding carboxylic acids is 1. The van der Waals surface area contributed by atoms with E-state index < -0.39 is 21.4 Å². The summed E-state index contributed by atoms with van der Waals surface area (Å²) in [6, 6.07) is 5.62. The molecule has 2 rings (SSSR count). The van der Waals surface area contributed by atoms with Crippen LogP contribution < -0.4 is 4.72 Å². The summed E-state index contributed by atoms with van der Waals surface area (Å²) in [5, 5.41) is 3.80. The molecule has 0 saturated carbocycles. The number of hydrogen-bond acceptors (Lipinski definition) is 5. The van der Waals surface area contributed by atoms with Gasteiger partial charge in [-0.05, 0) is 24.5 Å². The molecule has 11 heteroatoms. The van der Waals surface area contributed by atoms with Gasteiger partial charge < -0.3 is 9.74 Å². The highest BCUT2D eigenvalue weighted by Crippen LogP contribution is 2.28. The predicted octanol–water partition coefficient (Wildman–Crippen LogP) is 2.71. The molecule has 150 valence electrons. The number of oxime groups is 1. The second kappa shape index (κ2) is 8.15. The Hall–Kier alpha value is -2.30. The lowest BCUT2D eigenvalue weighted by Gasteiger charge is -2.32. The summed E-state index contributed by atoms with van der Waals surface area (Å²) in [6.07, 6.45) is 0.428. The number of alkyl halides is 3. The van der Waals surface area contributed by atoms with Crippen LogP contribution in [-0.4, -0.2) is 43.6 Å². The third kappa shape index (κ3) is 5.12. The van der Waals surface area contributed by atoms with Crippen LogP contribution in [0.4, 0.5) is 18.9 Å². The van der Waals surface area contributed by atoms with E-state index in [-0.39, 0.29) is 29.4 Å². The standard InChI is InChI=1S/C16H20F3N3O4S/c1-3-26-20-14-8-11(2)9-22(15(14)23)10-12-6-4-5-7-13(12)21-27(24,25)16(17,18)19/h4-7,11,21H,3,8-10H2,1-2H3/b20-14+. The van der Waals surface area contributed by atoms with Crippen molar-refractivity contribution in [2.24, 2.45) is 11.1 Å². The molecule has 7 nitrogen and oxygen atoms in total. The van der Waals surface area contributed by atoms with Gasteiger partial charge in [0.25, 0.3) is 5.91 Å². The van der Waals surface area contributed by atoms with Gasteiger partial charge >= 0.3 is 15.5 Å². The number of halogens is 3. The van der Waals surface area contributed by atoms with Crippen molar-refractivity contribution in [1.29, 1.82) is 0 Å². The molecule has 0 radical (unpaired) electrons. The summed E-state index contributed by atoms with van der Waals surface area (Å²) >= 11 is 0. The molecule has 0 aromatic heterocycles. The van der Waals surface area contributed by atoms with E-state index in [1.54, 1.807) is 17.7 Å². The Morgan fingerprint density at radius 3 is 2.63 bits per heavy atom. The zero-order valence-corrected chi connectivity index (χ0v) is 15.6. The van der Waals surface area contributed by atoms with Gasteiger partial charge in [0, 0.05) is 19.5 Å². The van der Waals surface area contributed by atoms with Gasteiger partial charge in [0.05, 0.1) is 5.69 Å². The van der Waals surface area contributed by atoms with Crippen molar-refractivity contribution in [3.63, 3.8) is 0 Å². The van der Waals surface area contributed by atoms with Gasteiger partial charge in [0.15, 0.2) is 0 Å². The van der Waals surface area contributed by atoms with E-state index in [1.165, 1.54) is 23.1 Å². The summed E-state index contributed by atoms with van der Waals surface area (Å²) in [4.78, 5) is 18.9. The third-order valence-corrected chi connectivity index (χ3v) is 4.94. The highest BCUT2D eigenvalue weighted by atomic mass is 32.2. The number of hydrogen-bond donors (Lipinski definition) is 1. The van der Waals surface area contributed by atoms with E-state index in [0.717, 1.165) is 0 Å². The molecule has 1 aromatic carbocycles. The summed E-state index contributed by atoms with van der Waals surface area (Å²) in [5.41, 5.74) is -5.20. The van der Waals surface area contributed by atoms with E-state index in [1.807, 2.05) is 6.92 Å². The Bertz CT molecular complexity index is 824. The maximum absolute atomic E-state index is 12.6. The SMILES string of the molecule is CCO/N=C1\CC(C)CN(Cc2ccccc2NS(=O)(=O)C(F)(F)F)C1=O. The number of anilines is 1. The molecule has 1 atom stereocenters. The van der Waals surface area contributed by atoms with Crippen LogP contribution in [-0.2, 0) is 26.2 Å². The zero-order chi connectivity index (χ0) is 20.2. The Morgan fingerprint density at radius 1 is 1.33 bits per heavy atom. The van der Waals surface area contributed by atoms with Crippen LogP contribution in [0, 0.1) is 5.92 Å². The number of amides is 1. The smallest absolute Gasteiger partial charge is 0.396 e. The average molecular weight is 407 g/mol. The monoisotopic (exact) mass is 407 g/mol. The molecule has 1 unspecified atom stereocenters. The number of nitrogens with one attached hydrogen (secondary N) is 1. The topological polar surface area (TPSA) is 88.1 Å². The first-order chi connectivity index (χ1) is 12.5. The van der Waals surface area contributed by atoms with Crippen LogP contribution in [0.5, 0.6) is 0 Å². The molecule has 1 aliphatic heterocycles. The van der Waals surface area contributed by atoms with E-state index in [4.69, 9.17) is 4.84 Å². The zero-order valence-electron chi connectivity index (χ0n) is 14.8. The van der Waals surface area contributed by atoms with Crippen LogP contribution in [0.2, 0.25) is 0 Å². The molecule has 1 aliphatic rings. The maximum atomic E-state index is 12.6. The normalized spacial score (nSPS) is 20.0. The van der Waals surface area contributed by atoms with E-state index in [2.05, 4.69) is 5.16 Å². The fourth-order valence-corrected chi connectivity index (χ4v) is 3.25. The number of para-hydroxylation sites is 1. The van der Waals surface area contributed by atoms with Gasteiger partial charge in [-0.15, -0.1) is 0 Å². The number of sulfonamides is 1. The summed E-state index contributed by atoms with van der Waals surface area (Å²) in [5.74, 6) is -0.323. The van der Waals surface area contributed by atoms with Crippen molar-refractivity contribution in [2.45, 2.75) is 32.3 Å². The van der Waals surface area contributed by atoms with Crippen molar-refractivity contribution in [3.8, 4) is 0 Å². The Kier molecular flexibility index (Phi) is 6.34. The van der Waals surface area contributed by atoms with E-state index >= 15 is 0 Å². The molecule has 1 aromatic rings. The third-order valence-electron chi connectivity index (χ3n) is 3.84. The average Bonchev–Trinajstić information content (AvgIpc) is 2.57. The van der Waals surface area contributed by atoms with E-state index in [0.29, 0.717) is 19.6 Å². The number of piperidine rings is 1. The Balaban J connectivity index is 2.26.